The summed E-state index contributed by atoms with van der Waals surface area (Å²) in [4.78, 5) is 10.4. The van der Waals surface area contributed by atoms with Crippen LogP contribution in [0.25, 0.3) is 0 Å². The van der Waals surface area contributed by atoms with Crippen LogP contribution in [-0.2, 0) is 26.9 Å². The van der Waals surface area contributed by atoms with Gasteiger partial charge in [0.15, 0.2) is 9.84 Å². The number of carboxylic acids is 1. The van der Waals surface area contributed by atoms with E-state index in [4.69, 9.17) is 16.7 Å². The lowest BCUT2D eigenvalue weighted by Crippen LogP contribution is -2.15. The molecule has 0 saturated heterocycles. The molecule has 0 aliphatic carbocycles. The fourth-order valence-corrected chi connectivity index (χ4v) is 3.15. The number of hydrogen-bond donors (Lipinski definition) is 1. The molecule has 1 aromatic rings. The number of aliphatic carboxylic acids is 1. The lowest BCUT2D eigenvalue weighted by atomic mass is 10.4. The minimum Gasteiger partial charge on any atom is -0.481 e. The van der Waals surface area contributed by atoms with Crippen molar-refractivity contribution < 1.29 is 18.3 Å². The van der Waals surface area contributed by atoms with Crippen LogP contribution in [0.1, 0.15) is 24.7 Å². The summed E-state index contributed by atoms with van der Waals surface area (Å²) in [7, 11) is -3.50. The normalized spacial score (nSPS) is 11.7. The van der Waals surface area contributed by atoms with Crippen LogP contribution >= 0.6 is 11.6 Å². The number of nitrogens with zero attached hydrogens (tertiary/aromatic N) is 2. The van der Waals surface area contributed by atoms with E-state index in [1.807, 2.05) is 6.92 Å². The van der Waals surface area contributed by atoms with Crippen LogP contribution in [0.15, 0.2) is 0 Å². The van der Waals surface area contributed by atoms with Gasteiger partial charge in [-0.15, -0.1) is 0 Å². The zero-order valence-electron chi connectivity index (χ0n) is 10.2. The Morgan fingerprint density at radius 2 is 2.11 bits per heavy atom. The molecule has 0 bridgehead atoms. The number of sulfone groups is 1. The predicted octanol–water partition coefficient (Wildman–Crippen LogP) is 1.25. The Bertz CT molecular complexity index is 550. The second kappa shape index (κ2) is 5.71. The van der Waals surface area contributed by atoms with Gasteiger partial charge in [0.05, 0.1) is 34.3 Å². The second-order valence-corrected chi connectivity index (χ2v) is 6.46. The fourth-order valence-electron chi connectivity index (χ4n) is 1.53. The van der Waals surface area contributed by atoms with E-state index in [-0.39, 0.29) is 5.75 Å². The maximum absolute atomic E-state index is 11.8. The molecule has 1 heterocycles. The van der Waals surface area contributed by atoms with Gasteiger partial charge in [-0.05, 0) is 13.8 Å². The smallest absolute Gasteiger partial charge is 0.304 e. The van der Waals surface area contributed by atoms with Crippen molar-refractivity contribution in [2.45, 2.75) is 32.6 Å². The third-order valence-electron chi connectivity index (χ3n) is 2.44. The lowest BCUT2D eigenvalue weighted by Gasteiger charge is -2.06. The highest BCUT2D eigenvalue weighted by Crippen LogP contribution is 2.22. The Labute approximate surface area is 110 Å². The Morgan fingerprint density at radius 1 is 1.50 bits per heavy atom. The molecule has 1 rings (SSSR count). The third-order valence-corrected chi connectivity index (χ3v) is 4.47. The van der Waals surface area contributed by atoms with Crippen LogP contribution in [0, 0.1) is 6.92 Å². The minimum absolute atomic E-state index is 0.284. The first kappa shape index (κ1) is 15.0. The molecule has 0 radical (unpaired) electrons. The number of aryl methyl sites for hydroxylation is 2. The molecule has 0 unspecified atom stereocenters. The Balaban J connectivity index is 2.93. The van der Waals surface area contributed by atoms with Gasteiger partial charge in [-0.3, -0.25) is 9.48 Å². The van der Waals surface area contributed by atoms with Crippen molar-refractivity contribution in [3.8, 4) is 0 Å². The number of halogens is 1. The highest BCUT2D eigenvalue weighted by atomic mass is 35.5. The minimum atomic E-state index is -3.50. The summed E-state index contributed by atoms with van der Waals surface area (Å²) in [5, 5.41) is 12.9. The first-order valence-corrected chi connectivity index (χ1v) is 7.60. The molecule has 0 fully saturated rings. The van der Waals surface area contributed by atoms with Gasteiger partial charge in [-0.2, -0.15) is 5.10 Å². The van der Waals surface area contributed by atoms with Gasteiger partial charge in [-0.1, -0.05) is 11.6 Å². The van der Waals surface area contributed by atoms with Crippen molar-refractivity contribution in [2.24, 2.45) is 0 Å². The molecule has 0 saturated carbocycles. The number of carbonyl (C=O) groups is 1. The summed E-state index contributed by atoms with van der Waals surface area (Å²) in [6, 6.07) is 0. The molecule has 1 N–H and O–H groups in total. The SMILES string of the molecule is CCn1nc(C)c(Cl)c1CS(=O)(=O)CCC(=O)O. The van der Waals surface area contributed by atoms with Gasteiger partial charge in [0.1, 0.15) is 0 Å². The lowest BCUT2D eigenvalue weighted by molar-refractivity contribution is -0.136. The van der Waals surface area contributed by atoms with Gasteiger partial charge < -0.3 is 5.11 Å². The number of aromatic nitrogens is 2. The Morgan fingerprint density at radius 3 is 2.61 bits per heavy atom. The maximum Gasteiger partial charge on any atom is 0.304 e. The van der Waals surface area contributed by atoms with E-state index in [9.17, 15) is 13.2 Å². The van der Waals surface area contributed by atoms with Gasteiger partial charge >= 0.3 is 5.97 Å². The van der Waals surface area contributed by atoms with Crippen LogP contribution in [0.3, 0.4) is 0 Å². The highest BCUT2D eigenvalue weighted by molar-refractivity contribution is 7.90. The van der Waals surface area contributed by atoms with Crippen molar-refractivity contribution in [3.05, 3.63) is 16.4 Å². The Kier molecular flexibility index (Phi) is 4.75. The van der Waals surface area contributed by atoms with Crippen LogP contribution in [0.5, 0.6) is 0 Å². The van der Waals surface area contributed by atoms with Gasteiger partial charge in [0.2, 0.25) is 0 Å². The average molecular weight is 295 g/mol. The van der Waals surface area contributed by atoms with Crippen LogP contribution in [0.2, 0.25) is 5.02 Å². The average Bonchev–Trinajstić information content (AvgIpc) is 2.54. The van der Waals surface area contributed by atoms with Crippen molar-refractivity contribution in [1.82, 2.24) is 9.78 Å². The molecule has 1 aromatic heterocycles. The van der Waals surface area contributed by atoms with E-state index in [1.54, 1.807) is 6.92 Å². The summed E-state index contributed by atoms with van der Waals surface area (Å²) < 4.78 is 25.1. The zero-order chi connectivity index (χ0) is 13.9. The summed E-state index contributed by atoms with van der Waals surface area (Å²) in [5.74, 6) is -1.81. The molecular weight excluding hydrogens is 280 g/mol. The zero-order valence-corrected chi connectivity index (χ0v) is 11.8. The van der Waals surface area contributed by atoms with Crippen LogP contribution < -0.4 is 0 Å². The summed E-state index contributed by atoms with van der Waals surface area (Å²) in [6.45, 7) is 4.04. The predicted molar refractivity (Wildman–Crippen MR) is 67.4 cm³/mol. The molecule has 0 aromatic carbocycles. The fraction of sp³-hybridized carbons (Fsp3) is 0.600. The van der Waals surface area contributed by atoms with Gasteiger partial charge in [-0.25, -0.2) is 8.42 Å². The topological polar surface area (TPSA) is 89.3 Å². The molecule has 102 valence electrons. The largest absolute Gasteiger partial charge is 0.481 e. The first-order valence-electron chi connectivity index (χ1n) is 5.41. The number of rotatable bonds is 6. The molecule has 8 heteroatoms. The summed E-state index contributed by atoms with van der Waals surface area (Å²) >= 11 is 6.00. The Hall–Kier alpha value is -1.08. The summed E-state index contributed by atoms with van der Waals surface area (Å²) in [5.41, 5.74) is 0.990. The molecule has 0 spiro atoms. The maximum atomic E-state index is 11.8. The van der Waals surface area contributed by atoms with Crippen LogP contribution in [0.4, 0.5) is 0 Å². The molecule has 0 aliphatic heterocycles. The standard InChI is InChI=1S/C10H15ClN2O4S/c1-3-13-8(10(11)7(2)12-13)6-18(16,17)5-4-9(14)15/h3-6H2,1-2H3,(H,14,15). The van der Waals surface area contributed by atoms with Crippen LogP contribution in [-0.4, -0.2) is 35.0 Å². The van der Waals surface area contributed by atoms with Crippen molar-refractivity contribution in [2.75, 3.05) is 5.75 Å². The van der Waals surface area contributed by atoms with Crippen molar-refractivity contribution >= 4 is 27.4 Å². The molecule has 0 aliphatic rings. The van der Waals surface area contributed by atoms with Gasteiger partial charge in [0, 0.05) is 6.54 Å². The highest BCUT2D eigenvalue weighted by Gasteiger charge is 2.21. The van der Waals surface area contributed by atoms with Crippen molar-refractivity contribution in [1.29, 1.82) is 0 Å². The molecule has 6 nitrogen and oxygen atoms in total. The molecular formula is C10H15ClN2O4S. The molecule has 0 amide bonds. The van der Waals surface area contributed by atoms with Crippen molar-refractivity contribution in [3.63, 3.8) is 0 Å². The number of carboxylic acid groups (broad SMARTS) is 1. The first-order chi connectivity index (χ1) is 8.26. The van der Waals surface area contributed by atoms with E-state index >= 15 is 0 Å². The molecule has 0 atom stereocenters. The third kappa shape index (κ3) is 3.71. The summed E-state index contributed by atoms with van der Waals surface area (Å²) in [6.07, 6.45) is -0.404. The van der Waals surface area contributed by atoms with E-state index in [2.05, 4.69) is 5.10 Å². The number of hydrogen-bond acceptors (Lipinski definition) is 4. The quantitative estimate of drug-likeness (QED) is 0.853. The van der Waals surface area contributed by atoms with E-state index in [1.165, 1.54) is 4.68 Å². The van der Waals surface area contributed by atoms with E-state index in [0.717, 1.165) is 0 Å². The second-order valence-electron chi connectivity index (χ2n) is 3.90. The van der Waals surface area contributed by atoms with E-state index in [0.29, 0.717) is 23.0 Å². The van der Waals surface area contributed by atoms with E-state index < -0.39 is 28.0 Å². The monoisotopic (exact) mass is 294 g/mol. The van der Waals surface area contributed by atoms with Gasteiger partial charge in [0.25, 0.3) is 0 Å². The molecule has 18 heavy (non-hydrogen) atoms.